The summed E-state index contributed by atoms with van der Waals surface area (Å²) in [4.78, 5) is 16.8. The summed E-state index contributed by atoms with van der Waals surface area (Å²) in [5.74, 6) is 1.56. The molecule has 1 amide bonds. The molecule has 1 spiro atoms. The molecular formula is C16H28N2O2S. The average Bonchev–Trinajstić information content (AvgIpc) is 2.54. The van der Waals surface area contributed by atoms with E-state index in [1.54, 1.807) is 0 Å². The summed E-state index contributed by atoms with van der Waals surface area (Å²) in [5.41, 5.74) is 0. The molecule has 0 aromatic heterocycles. The van der Waals surface area contributed by atoms with Crippen LogP contribution in [-0.2, 0) is 9.53 Å². The van der Waals surface area contributed by atoms with Crippen molar-refractivity contribution >= 4 is 17.7 Å². The molecule has 0 unspecified atom stereocenters. The van der Waals surface area contributed by atoms with E-state index in [2.05, 4.69) is 16.7 Å². The van der Waals surface area contributed by atoms with Gasteiger partial charge in [-0.05, 0) is 12.8 Å². The fourth-order valence-corrected chi connectivity index (χ4v) is 5.47. The Morgan fingerprint density at radius 2 is 1.86 bits per heavy atom. The van der Waals surface area contributed by atoms with Gasteiger partial charge in [0, 0.05) is 49.6 Å². The molecule has 2 aliphatic heterocycles. The molecule has 3 aliphatic rings. The number of rotatable bonds is 3. The van der Waals surface area contributed by atoms with Crippen molar-refractivity contribution in [1.29, 1.82) is 0 Å². The molecule has 5 heteroatoms. The maximum Gasteiger partial charge on any atom is 0.224 e. The Morgan fingerprint density at radius 1 is 1.10 bits per heavy atom. The van der Waals surface area contributed by atoms with Crippen LogP contribution in [0, 0.1) is 0 Å². The molecule has 0 aromatic carbocycles. The third-order valence-electron chi connectivity index (χ3n) is 5.10. The van der Waals surface area contributed by atoms with Crippen LogP contribution >= 0.6 is 11.8 Å². The molecule has 1 aliphatic carbocycles. The Morgan fingerprint density at radius 3 is 2.62 bits per heavy atom. The molecule has 4 nitrogen and oxygen atoms in total. The van der Waals surface area contributed by atoms with Crippen LogP contribution in [0.5, 0.6) is 0 Å². The van der Waals surface area contributed by atoms with Gasteiger partial charge in [-0.25, -0.2) is 0 Å². The van der Waals surface area contributed by atoms with Crippen LogP contribution in [-0.4, -0.2) is 72.1 Å². The van der Waals surface area contributed by atoms with Gasteiger partial charge in [0.25, 0.3) is 0 Å². The van der Waals surface area contributed by atoms with Gasteiger partial charge in [0.15, 0.2) is 0 Å². The molecule has 2 heterocycles. The third-order valence-corrected chi connectivity index (χ3v) is 6.63. The Balaban J connectivity index is 1.45. The van der Waals surface area contributed by atoms with Crippen LogP contribution in [0.4, 0.5) is 0 Å². The highest BCUT2D eigenvalue weighted by molar-refractivity contribution is 8.00. The Kier molecular flexibility index (Phi) is 5.46. The molecule has 2 saturated heterocycles. The Hall–Kier alpha value is -0.260. The molecule has 120 valence electrons. The lowest BCUT2D eigenvalue weighted by atomic mass is 9.87. The van der Waals surface area contributed by atoms with E-state index >= 15 is 0 Å². The molecule has 0 radical (unpaired) electrons. The first-order chi connectivity index (χ1) is 10.3. The second kappa shape index (κ2) is 7.34. The van der Waals surface area contributed by atoms with Crippen molar-refractivity contribution in [2.45, 2.75) is 43.3 Å². The lowest BCUT2D eigenvalue weighted by molar-refractivity contribution is -0.135. The van der Waals surface area contributed by atoms with Crippen molar-refractivity contribution in [3.63, 3.8) is 0 Å². The second-order valence-electron chi connectivity index (χ2n) is 6.61. The summed E-state index contributed by atoms with van der Waals surface area (Å²) in [6.45, 7) is 6.26. The molecule has 1 saturated carbocycles. The number of ether oxygens (including phenoxy) is 1. The van der Waals surface area contributed by atoms with Gasteiger partial charge in [-0.1, -0.05) is 19.3 Å². The highest BCUT2D eigenvalue weighted by atomic mass is 32.2. The third kappa shape index (κ3) is 4.14. The first kappa shape index (κ1) is 15.6. The Bertz CT molecular complexity index is 347. The van der Waals surface area contributed by atoms with Crippen molar-refractivity contribution in [2.24, 2.45) is 0 Å². The topological polar surface area (TPSA) is 32.8 Å². The minimum absolute atomic E-state index is 0.314. The number of nitrogens with zero attached hydrogens (tertiary/aromatic N) is 2. The summed E-state index contributed by atoms with van der Waals surface area (Å²) in [6, 6.07) is 0. The largest absolute Gasteiger partial charge is 0.378 e. The van der Waals surface area contributed by atoms with E-state index in [0.717, 1.165) is 26.2 Å². The predicted octanol–water partition coefficient (Wildman–Crippen LogP) is 1.99. The summed E-state index contributed by atoms with van der Waals surface area (Å²) < 4.78 is 5.82. The van der Waals surface area contributed by atoms with Crippen LogP contribution in [0.3, 0.4) is 0 Å². The van der Waals surface area contributed by atoms with Gasteiger partial charge in [-0.2, -0.15) is 11.8 Å². The van der Waals surface area contributed by atoms with E-state index in [9.17, 15) is 4.79 Å². The quantitative estimate of drug-likeness (QED) is 0.798. The smallest absolute Gasteiger partial charge is 0.224 e. The highest BCUT2D eigenvalue weighted by Crippen LogP contribution is 2.42. The van der Waals surface area contributed by atoms with Crippen molar-refractivity contribution in [3.05, 3.63) is 0 Å². The summed E-state index contributed by atoms with van der Waals surface area (Å²) >= 11 is 2.20. The normalized spacial score (nSPS) is 27.0. The van der Waals surface area contributed by atoms with Gasteiger partial charge in [-0.15, -0.1) is 0 Å². The SMILES string of the molecule is O=C(CCN1CCSC2(CCCCC2)C1)N1CCOCC1. The zero-order valence-electron chi connectivity index (χ0n) is 13.0. The number of morpholine rings is 1. The van der Waals surface area contributed by atoms with Gasteiger partial charge in [0.05, 0.1) is 13.2 Å². The minimum Gasteiger partial charge on any atom is -0.378 e. The number of carbonyl (C=O) groups excluding carboxylic acids is 1. The zero-order valence-corrected chi connectivity index (χ0v) is 13.8. The van der Waals surface area contributed by atoms with E-state index in [1.807, 2.05) is 4.90 Å². The van der Waals surface area contributed by atoms with Crippen molar-refractivity contribution < 1.29 is 9.53 Å². The van der Waals surface area contributed by atoms with Gasteiger partial charge in [0.1, 0.15) is 0 Å². The Labute approximate surface area is 132 Å². The van der Waals surface area contributed by atoms with E-state index in [4.69, 9.17) is 4.74 Å². The van der Waals surface area contributed by atoms with Gasteiger partial charge < -0.3 is 14.5 Å². The van der Waals surface area contributed by atoms with Crippen LogP contribution in [0.2, 0.25) is 0 Å². The van der Waals surface area contributed by atoms with Gasteiger partial charge in [-0.3, -0.25) is 4.79 Å². The first-order valence-corrected chi connectivity index (χ1v) is 9.48. The molecule has 0 aromatic rings. The number of hydrogen-bond donors (Lipinski definition) is 0. The molecule has 0 atom stereocenters. The average molecular weight is 312 g/mol. The molecular weight excluding hydrogens is 284 g/mol. The van der Waals surface area contributed by atoms with Crippen LogP contribution in [0.1, 0.15) is 38.5 Å². The van der Waals surface area contributed by atoms with Crippen LogP contribution < -0.4 is 0 Å². The minimum atomic E-state index is 0.314. The molecule has 0 N–H and O–H groups in total. The molecule has 3 fully saturated rings. The fourth-order valence-electron chi connectivity index (χ4n) is 3.84. The number of carbonyl (C=O) groups is 1. The van der Waals surface area contributed by atoms with Crippen LogP contribution in [0.15, 0.2) is 0 Å². The molecule has 21 heavy (non-hydrogen) atoms. The maximum atomic E-state index is 12.2. The molecule has 3 rings (SSSR count). The standard InChI is InChI=1S/C16H28N2O2S/c19-15(18-8-11-20-12-9-18)4-7-17-10-13-21-16(14-17)5-2-1-3-6-16/h1-14H2. The lowest BCUT2D eigenvalue weighted by Gasteiger charge is -2.44. The van der Waals surface area contributed by atoms with Crippen molar-refractivity contribution in [2.75, 3.05) is 51.7 Å². The van der Waals surface area contributed by atoms with Crippen molar-refractivity contribution in [3.8, 4) is 0 Å². The second-order valence-corrected chi connectivity index (χ2v) is 8.17. The summed E-state index contributed by atoms with van der Waals surface area (Å²) in [7, 11) is 0. The van der Waals surface area contributed by atoms with Gasteiger partial charge >= 0.3 is 0 Å². The van der Waals surface area contributed by atoms with Crippen molar-refractivity contribution in [1.82, 2.24) is 9.80 Å². The maximum absolute atomic E-state index is 12.2. The molecule has 0 bridgehead atoms. The number of thioether (sulfide) groups is 1. The van der Waals surface area contributed by atoms with E-state index in [-0.39, 0.29) is 0 Å². The monoisotopic (exact) mass is 312 g/mol. The summed E-state index contributed by atoms with van der Waals surface area (Å²) in [5, 5.41) is 0. The van der Waals surface area contributed by atoms with E-state index < -0.39 is 0 Å². The van der Waals surface area contributed by atoms with E-state index in [0.29, 0.717) is 30.3 Å². The zero-order chi connectivity index (χ0) is 14.5. The highest BCUT2D eigenvalue weighted by Gasteiger charge is 2.37. The summed E-state index contributed by atoms with van der Waals surface area (Å²) in [6.07, 6.45) is 7.65. The van der Waals surface area contributed by atoms with Crippen LogP contribution in [0.25, 0.3) is 0 Å². The van der Waals surface area contributed by atoms with E-state index in [1.165, 1.54) is 44.4 Å². The lowest BCUT2D eigenvalue weighted by Crippen LogP contribution is -2.49. The fraction of sp³-hybridized carbons (Fsp3) is 0.938. The first-order valence-electron chi connectivity index (χ1n) is 8.49. The number of amides is 1. The predicted molar refractivity (Wildman–Crippen MR) is 86.7 cm³/mol. The number of hydrogen-bond acceptors (Lipinski definition) is 4. The van der Waals surface area contributed by atoms with Gasteiger partial charge in [0.2, 0.25) is 5.91 Å².